The Labute approximate surface area is 69.4 Å². The van der Waals surface area contributed by atoms with Crippen molar-refractivity contribution in [2.45, 2.75) is 40.0 Å². The number of furan rings is 1. The van der Waals surface area contributed by atoms with Gasteiger partial charge in [0.2, 0.25) is 0 Å². The van der Waals surface area contributed by atoms with Gasteiger partial charge in [-0.15, -0.1) is 0 Å². The monoisotopic (exact) mass is 154 g/mol. The molecule has 0 N–H and O–H groups in total. The summed E-state index contributed by atoms with van der Waals surface area (Å²) in [4.78, 5) is 0. The summed E-state index contributed by atoms with van der Waals surface area (Å²) in [7, 11) is 0. The molecule has 0 atom stereocenters. The maximum atomic E-state index is 4.71. The summed E-state index contributed by atoms with van der Waals surface area (Å²) in [5.41, 5.74) is 1.18. The Morgan fingerprint density at radius 3 is 2.00 bits per heavy atom. The first kappa shape index (κ1) is 10.3. The second-order valence-electron chi connectivity index (χ2n) is 2.65. The van der Waals surface area contributed by atoms with Gasteiger partial charge in [-0.3, -0.25) is 0 Å². The molecule has 0 spiro atoms. The van der Waals surface area contributed by atoms with E-state index in [0.717, 1.165) is 0 Å². The second-order valence-corrected chi connectivity index (χ2v) is 2.65. The minimum Gasteiger partial charge on any atom is -0.472 e. The zero-order valence-electron chi connectivity index (χ0n) is 7.76. The zero-order valence-corrected chi connectivity index (χ0v) is 7.76. The second kappa shape index (κ2) is 7.39. The number of aryl methyl sites for hydroxylation is 1. The van der Waals surface area contributed by atoms with Gasteiger partial charge < -0.3 is 4.42 Å². The summed E-state index contributed by atoms with van der Waals surface area (Å²) in [6.07, 6.45) is 7.45. The molecule has 1 aromatic rings. The van der Waals surface area contributed by atoms with Gasteiger partial charge in [0.1, 0.15) is 0 Å². The highest BCUT2D eigenvalue weighted by molar-refractivity contribution is 5.00. The van der Waals surface area contributed by atoms with E-state index < -0.39 is 0 Å². The molecule has 11 heavy (non-hydrogen) atoms. The summed E-state index contributed by atoms with van der Waals surface area (Å²) >= 11 is 0. The van der Waals surface area contributed by atoms with Crippen LogP contribution in [-0.2, 0) is 0 Å². The van der Waals surface area contributed by atoms with E-state index in [-0.39, 0.29) is 0 Å². The van der Waals surface area contributed by atoms with Gasteiger partial charge in [-0.1, -0.05) is 33.1 Å². The predicted octanol–water partition coefficient (Wildman–Crippen LogP) is 3.78. The zero-order chi connectivity index (χ0) is 8.53. The third kappa shape index (κ3) is 7.17. The summed E-state index contributed by atoms with van der Waals surface area (Å²) < 4.78 is 4.71. The molecule has 0 unspecified atom stereocenters. The molecule has 0 aliphatic rings. The van der Waals surface area contributed by atoms with E-state index in [1.165, 1.54) is 24.8 Å². The van der Waals surface area contributed by atoms with Crippen molar-refractivity contribution in [2.24, 2.45) is 0 Å². The Hall–Kier alpha value is -0.720. The van der Waals surface area contributed by atoms with Crippen molar-refractivity contribution >= 4 is 0 Å². The lowest BCUT2D eigenvalue weighted by molar-refractivity contribution is 0.565. The molecule has 1 nitrogen and oxygen atoms in total. The molecule has 0 aliphatic heterocycles. The van der Waals surface area contributed by atoms with Crippen molar-refractivity contribution in [3.8, 4) is 0 Å². The Morgan fingerprint density at radius 1 is 1.27 bits per heavy atom. The molecular formula is C10H18O. The first-order chi connectivity index (χ1) is 5.31. The molecule has 0 amide bonds. The summed E-state index contributed by atoms with van der Waals surface area (Å²) in [6.45, 7) is 6.41. The molecule has 1 rings (SSSR count). The number of hydrogen-bond donors (Lipinski definition) is 0. The van der Waals surface area contributed by atoms with Crippen LogP contribution in [-0.4, -0.2) is 0 Å². The fraction of sp³-hybridized carbons (Fsp3) is 0.600. The molecule has 0 bridgehead atoms. The first-order valence-electron chi connectivity index (χ1n) is 4.30. The number of unbranched alkanes of at least 4 members (excludes halogenated alkanes) is 2. The molecule has 0 fully saturated rings. The first-order valence-corrected chi connectivity index (χ1v) is 4.30. The van der Waals surface area contributed by atoms with Crippen LogP contribution < -0.4 is 0 Å². The van der Waals surface area contributed by atoms with Crippen LogP contribution in [0, 0.1) is 6.92 Å². The molecule has 0 saturated carbocycles. The maximum Gasteiger partial charge on any atom is 0.0931 e. The summed E-state index contributed by atoms with van der Waals surface area (Å²) in [5.74, 6) is 0. The lowest BCUT2D eigenvalue weighted by Gasteiger charge is -1.79. The fourth-order valence-corrected chi connectivity index (χ4v) is 0.686. The molecule has 1 aromatic heterocycles. The molecule has 1 heteroatoms. The van der Waals surface area contributed by atoms with E-state index in [1.54, 1.807) is 12.5 Å². The lowest BCUT2D eigenvalue weighted by Crippen LogP contribution is -1.59. The normalized spacial score (nSPS) is 8.64. The van der Waals surface area contributed by atoms with E-state index in [2.05, 4.69) is 13.8 Å². The van der Waals surface area contributed by atoms with E-state index in [9.17, 15) is 0 Å². The molecule has 1 heterocycles. The number of hydrogen-bond acceptors (Lipinski definition) is 1. The SMILES string of the molecule is CCCCC.Cc1ccoc1. The van der Waals surface area contributed by atoms with Gasteiger partial charge in [-0.2, -0.15) is 0 Å². The standard InChI is InChI=1S/C5H6O.C5H12/c1-5-2-3-6-4-5;1-3-5-4-2/h2-4H,1H3;3-5H2,1-2H3. The van der Waals surface area contributed by atoms with Gasteiger partial charge >= 0.3 is 0 Å². The smallest absolute Gasteiger partial charge is 0.0931 e. The highest BCUT2D eigenvalue weighted by Crippen LogP contribution is 1.93. The highest BCUT2D eigenvalue weighted by atomic mass is 16.3. The van der Waals surface area contributed by atoms with Gasteiger partial charge in [-0.05, 0) is 18.6 Å². The highest BCUT2D eigenvalue weighted by Gasteiger charge is 1.75. The van der Waals surface area contributed by atoms with Crippen LogP contribution in [0.4, 0.5) is 0 Å². The van der Waals surface area contributed by atoms with Crippen molar-refractivity contribution in [3.63, 3.8) is 0 Å². The van der Waals surface area contributed by atoms with E-state index in [4.69, 9.17) is 4.42 Å². The maximum absolute atomic E-state index is 4.71. The van der Waals surface area contributed by atoms with Gasteiger partial charge in [0, 0.05) is 0 Å². The van der Waals surface area contributed by atoms with Crippen molar-refractivity contribution in [2.75, 3.05) is 0 Å². The third-order valence-electron chi connectivity index (χ3n) is 1.37. The minimum atomic E-state index is 1.18. The Morgan fingerprint density at radius 2 is 1.91 bits per heavy atom. The summed E-state index contributed by atoms with van der Waals surface area (Å²) in [5, 5.41) is 0. The van der Waals surface area contributed by atoms with Crippen molar-refractivity contribution in [1.29, 1.82) is 0 Å². The van der Waals surface area contributed by atoms with Gasteiger partial charge in [-0.25, -0.2) is 0 Å². The molecule has 64 valence electrons. The quantitative estimate of drug-likeness (QED) is 0.631. The van der Waals surface area contributed by atoms with Crippen LogP contribution in [0.2, 0.25) is 0 Å². The Bertz CT molecular complexity index is 140. The largest absolute Gasteiger partial charge is 0.472 e. The van der Waals surface area contributed by atoms with Gasteiger partial charge in [0.25, 0.3) is 0 Å². The predicted molar refractivity (Wildman–Crippen MR) is 48.6 cm³/mol. The lowest BCUT2D eigenvalue weighted by atomic mass is 10.3. The molecule has 0 aromatic carbocycles. The Balaban J connectivity index is 0.000000187. The average molecular weight is 154 g/mol. The fourth-order valence-electron chi connectivity index (χ4n) is 0.686. The van der Waals surface area contributed by atoms with Gasteiger partial charge in [0.15, 0.2) is 0 Å². The molecule has 0 aliphatic carbocycles. The molecule has 0 saturated heterocycles. The van der Waals surface area contributed by atoms with Gasteiger partial charge in [0.05, 0.1) is 12.5 Å². The van der Waals surface area contributed by atoms with Crippen LogP contribution in [0.1, 0.15) is 38.7 Å². The third-order valence-corrected chi connectivity index (χ3v) is 1.37. The topological polar surface area (TPSA) is 13.1 Å². The van der Waals surface area contributed by atoms with Crippen LogP contribution in [0.25, 0.3) is 0 Å². The minimum absolute atomic E-state index is 1.18. The van der Waals surface area contributed by atoms with Crippen molar-refractivity contribution in [1.82, 2.24) is 0 Å². The van der Waals surface area contributed by atoms with Crippen LogP contribution in [0.5, 0.6) is 0 Å². The average Bonchev–Trinajstić information content (AvgIpc) is 2.43. The van der Waals surface area contributed by atoms with E-state index in [1.807, 2.05) is 13.0 Å². The van der Waals surface area contributed by atoms with Crippen LogP contribution in [0.3, 0.4) is 0 Å². The summed E-state index contributed by atoms with van der Waals surface area (Å²) in [6, 6.07) is 1.92. The van der Waals surface area contributed by atoms with Crippen molar-refractivity contribution < 1.29 is 4.42 Å². The molecule has 0 radical (unpaired) electrons. The van der Waals surface area contributed by atoms with E-state index in [0.29, 0.717) is 0 Å². The number of rotatable bonds is 2. The van der Waals surface area contributed by atoms with E-state index >= 15 is 0 Å². The van der Waals surface area contributed by atoms with Crippen molar-refractivity contribution in [3.05, 3.63) is 24.2 Å². The van der Waals surface area contributed by atoms with Crippen LogP contribution >= 0.6 is 0 Å². The molecular weight excluding hydrogens is 136 g/mol. The Kier molecular flexibility index (Phi) is 6.90. The van der Waals surface area contributed by atoms with Crippen LogP contribution in [0.15, 0.2) is 23.0 Å².